The number of urea groups is 5. The van der Waals surface area contributed by atoms with E-state index < -0.39 is 117 Å². The number of methoxy groups -OCH3 is 5. The molecule has 10 aromatic rings. The molecular formula is C104H79Cl2F6N17O20. The van der Waals surface area contributed by atoms with Gasteiger partial charge in [-0.2, -0.15) is 18.3 Å². The first-order valence-electron chi connectivity index (χ1n) is 44.5. The highest BCUT2D eigenvalue weighted by Crippen LogP contribution is 2.37. The second kappa shape index (κ2) is 41.9. The van der Waals surface area contributed by atoms with E-state index in [2.05, 4.69) is 117 Å². The highest BCUT2D eigenvalue weighted by molar-refractivity contribution is 6.31. The molecule has 149 heavy (non-hydrogen) atoms. The highest BCUT2D eigenvalue weighted by atomic mass is 35.5. The van der Waals surface area contributed by atoms with Crippen molar-refractivity contribution in [3.05, 3.63) is 305 Å². The Bertz CT molecular complexity index is 7550. The summed E-state index contributed by atoms with van der Waals surface area (Å²) in [5, 5.41) is 27.7. The van der Waals surface area contributed by atoms with E-state index in [1.807, 2.05) is 12.1 Å². The number of carbonyl (C=O) groups is 15. The van der Waals surface area contributed by atoms with Crippen molar-refractivity contribution in [2.45, 2.75) is 66.6 Å². The summed E-state index contributed by atoms with van der Waals surface area (Å²) in [4.78, 5) is 193. The van der Waals surface area contributed by atoms with Gasteiger partial charge in [-0.05, 0) is 161 Å². The smallest absolute Gasteiger partial charge is 0.416 e. The maximum Gasteiger partial charge on any atom is 0.416 e. The molecule has 5 saturated heterocycles. The maximum absolute atomic E-state index is 14.2. The van der Waals surface area contributed by atoms with Gasteiger partial charge < -0.3 is 74.8 Å². The first-order chi connectivity index (χ1) is 71.1. The van der Waals surface area contributed by atoms with Crippen molar-refractivity contribution in [3.8, 4) is 88.0 Å². The molecule has 0 aliphatic carbocycles. The number of carbonyl (C=O) groups excluding carboxylic acids is 15. The normalized spacial score (nSPS) is 19.9. The van der Waals surface area contributed by atoms with Crippen molar-refractivity contribution in [1.29, 1.82) is 0 Å². The van der Waals surface area contributed by atoms with Crippen molar-refractivity contribution < 1.29 is 122 Å². The molecule has 10 aliphatic heterocycles. The van der Waals surface area contributed by atoms with Crippen LogP contribution in [0, 0.1) is 76.7 Å². The Morgan fingerprint density at radius 3 is 0.872 bits per heavy atom. The third kappa shape index (κ3) is 21.9. The first kappa shape index (κ1) is 103. The summed E-state index contributed by atoms with van der Waals surface area (Å²) >= 11 is 11.7. The van der Waals surface area contributed by atoms with Gasteiger partial charge in [0.15, 0.2) is 17.5 Å². The molecule has 9 aromatic carbocycles. The van der Waals surface area contributed by atoms with Crippen LogP contribution in [0.1, 0.15) is 113 Å². The number of imide groups is 5. The quantitative estimate of drug-likeness (QED) is 0.0265. The molecule has 0 saturated carbocycles. The summed E-state index contributed by atoms with van der Waals surface area (Å²) in [6, 6.07) is 40.7. The number of aryl methyl sites for hydroxylation is 1. The molecule has 5 fully saturated rings. The van der Waals surface area contributed by atoms with E-state index >= 15 is 0 Å². The SMILES string of the molecule is COc1ccc2c(c1)C(=O)N(C[C@@]1(C#Cc3ccc(C(F)(F)F)cc3)NC(=O)NC1=O)C2.COc1ccc2c(c1)C(=O)N(C[C@@]1(C#Cc3ccc(Cl)cc3)NC(=O)NC1=O)C2.COc1ccc2c(c1)C(=O)N(C[C@@]1(C#Cc3cccc(Cl)c3F)NC(=O)NC1=O)C2.COc1ccc2c(c1)C(=O)N(C[C@@]1(C#Cc3cccc(F)c3F)NC(=O)NC1=O)C2.COc1ccc2c(c1)C(=O)N(C[C@@]1(C#Cc3cnn(C)c3)NC(=O)NC1=O)C2. The van der Waals surface area contributed by atoms with Crippen LogP contribution in [-0.2, 0) is 69.9 Å². The zero-order valence-corrected chi connectivity index (χ0v) is 80.3. The van der Waals surface area contributed by atoms with E-state index in [-0.39, 0.29) is 104 Å². The second-order valence-electron chi connectivity index (χ2n) is 34.4. The zero-order valence-electron chi connectivity index (χ0n) is 78.8. The van der Waals surface area contributed by atoms with Crippen molar-refractivity contribution in [3.63, 3.8) is 0 Å². The van der Waals surface area contributed by atoms with Gasteiger partial charge in [0.1, 0.15) is 28.7 Å². The number of nitrogens with zero attached hydrogens (tertiary/aromatic N) is 7. The van der Waals surface area contributed by atoms with E-state index in [9.17, 15) is 98.3 Å². The van der Waals surface area contributed by atoms with Crippen LogP contribution in [0.25, 0.3) is 0 Å². The lowest BCUT2D eigenvalue weighted by molar-refractivity contribution is -0.137. The molecule has 10 N–H and O–H groups in total. The molecule has 45 heteroatoms. The van der Waals surface area contributed by atoms with Crippen molar-refractivity contribution in [2.24, 2.45) is 7.05 Å². The minimum Gasteiger partial charge on any atom is -0.497 e. The fraction of sp³-hybridized carbons (Fsp3) is 0.212. The van der Waals surface area contributed by atoms with Crippen molar-refractivity contribution >= 4 is 112 Å². The number of nitrogens with one attached hydrogen (secondary N) is 10. The molecule has 756 valence electrons. The number of benzene rings is 9. The summed E-state index contributed by atoms with van der Waals surface area (Å²) in [6.07, 6.45) is -1.24. The van der Waals surface area contributed by atoms with Crippen LogP contribution < -0.4 is 76.9 Å². The standard InChI is InChI=1S/C22H16F3N3O4.C21H15ClFN3O4.C21H16ClN3O4.C21H15F2N3O4.C19H17N5O4/c1-32-16-7-4-14-11-28(18(29)17(14)10-16)12-21(19(30)26-20(31)27-21)9-8-13-2-5-15(6-3-13)22(23,24)25;1-30-14-6-5-13-10-26(18(27)15(13)9-14)11-21(19(28)24-20(29)25-21)8-7-12-3-2-4-16(22)17(12)23;1-29-16-7-4-14-11-25(18(26)17(14)10-16)12-21(19(27)23-20(28)24-21)9-8-13-2-5-15(22)6-3-13;1-30-14-6-5-13-10-26(18(27)15(13)9-14)11-21(19(28)24-20(29)25-21)8-7-12-3-2-4-16(22)17(12)23;1-23-9-12(8-20-23)5-6-19(17(26)21-18(27)22-19)11-24-10-13-3-4-14(28-2)7-15(13)16(24)25/h2-7,10H,11-12H2,1H3,(H2,26,27,30,31);2-6,9H,10-11H2,1H3,(H2,24,25,28,29);2-7,10H,11-12H2,1H3,(H2,23,24,27,28);2-6,9H,10-11H2,1H3,(H2,24,25,28,29);3-4,7-9H,10-11H2,1-2H3,(H2,21,22,26,27)/t4*21-;19-/m11111/s1. The van der Waals surface area contributed by atoms with E-state index in [1.165, 1.54) is 103 Å². The molecule has 20 amide bonds. The van der Waals surface area contributed by atoms with Crippen LogP contribution >= 0.6 is 23.2 Å². The van der Waals surface area contributed by atoms with Gasteiger partial charge in [0.05, 0.1) is 102 Å². The Kier molecular flexibility index (Phi) is 29.0. The van der Waals surface area contributed by atoms with E-state index in [0.29, 0.717) is 85.8 Å². The molecule has 0 bridgehead atoms. The van der Waals surface area contributed by atoms with Gasteiger partial charge in [0.25, 0.3) is 59.1 Å². The minimum atomic E-state index is -4.49. The predicted octanol–water partition coefficient (Wildman–Crippen LogP) is 7.88. The van der Waals surface area contributed by atoms with Crippen LogP contribution in [0.2, 0.25) is 10.0 Å². The minimum absolute atomic E-state index is 0.0309. The van der Waals surface area contributed by atoms with Crippen LogP contribution in [0.4, 0.5) is 50.3 Å². The number of rotatable bonds is 15. The van der Waals surface area contributed by atoms with Gasteiger partial charge in [-0.3, -0.25) is 79.2 Å². The van der Waals surface area contributed by atoms with Gasteiger partial charge in [0.2, 0.25) is 27.7 Å². The summed E-state index contributed by atoms with van der Waals surface area (Å²) in [5.41, 5.74) is -1.90. The van der Waals surface area contributed by atoms with Crippen molar-refractivity contribution in [2.75, 3.05) is 68.3 Å². The maximum atomic E-state index is 14.2. The van der Waals surface area contributed by atoms with Gasteiger partial charge in [-0.15, -0.1) is 0 Å². The Morgan fingerprint density at radius 1 is 0.342 bits per heavy atom. The van der Waals surface area contributed by atoms with Crippen LogP contribution in [0.5, 0.6) is 28.7 Å². The van der Waals surface area contributed by atoms with E-state index in [1.54, 1.807) is 127 Å². The van der Waals surface area contributed by atoms with Crippen molar-refractivity contribution in [1.82, 2.24) is 87.4 Å². The van der Waals surface area contributed by atoms with Gasteiger partial charge in [-0.25, -0.2) is 37.1 Å². The molecule has 10 aliphatic rings. The third-order valence-corrected chi connectivity index (χ3v) is 25.1. The van der Waals surface area contributed by atoms with E-state index in [4.69, 9.17) is 46.9 Å². The number of hydrogen-bond acceptors (Lipinski definition) is 21. The largest absolute Gasteiger partial charge is 0.497 e. The summed E-state index contributed by atoms with van der Waals surface area (Å²) in [6.45, 7) is 0.367. The molecule has 1 aromatic heterocycles. The lowest BCUT2D eigenvalue weighted by atomic mass is 9.99. The predicted molar refractivity (Wildman–Crippen MR) is 514 cm³/mol. The van der Waals surface area contributed by atoms with Crippen LogP contribution in [0.15, 0.2) is 188 Å². The molecule has 0 spiro atoms. The molecular weight excluding hydrogens is 1990 g/mol. The fourth-order valence-electron chi connectivity index (χ4n) is 16.9. The van der Waals surface area contributed by atoms with Crippen LogP contribution in [0.3, 0.4) is 0 Å². The number of hydrogen-bond donors (Lipinski definition) is 10. The lowest BCUT2D eigenvalue weighted by Gasteiger charge is -2.26. The summed E-state index contributed by atoms with van der Waals surface area (Å²) in [7, 11) is 9.26. The topological polar surface area (TPSA) is 457 Å². The molecule has 37 nitrogen and oxygen atoms in total. The average molecular weight is 2070 g/mol. The summed E-state index contributed by atoms with van der Waals surface area (Å²) in [5.74, 6) is 21.6. The second-order valence-corrected chi connectivity index (χ2v) is 35.3. The number of amides is 20. The Labute approximate surface area is 852 Å². The average Bonchev–Trinajstić information content (AvgIpc) is 1.65. The fourth-order valence-corrected chi connectivity index (χ4v) is 17.2. The number of ether oxygens (including phenoxy) is 5. The van der Waals surface area contributed by atoms with Gasteiger partial charge in [-0.1, -0.05) is 125 Å². The number of aromatic nitrogens is 2. The first-order valence-corrected chi connectivity index (χ1v) is 45.3. The number of alkyl halides is 3. The summed E-state index contributed by atoms with van der Waals surface area (Å²) < 4.78 is 107. The monoisotopic (exact) mass is 2070 g/mol. The Balaban J connectivity index is 0.000000133. The van der Waals surface area contributed by atoms with E-state index in [0.717, 1.165) is 46.0 Å². The lowest BCUT2D eigenvalue weighted by Crippen LogP contribution is -2.54. The van der Waals surface area contributed by atoms with Crippen LogP contribution in [-0.4, -0.2) is 219 Å². The van der Waals surface area contributed by atoms with Gasteiger partial charge >= 0.3 is 36.3 Å². The number of halogens is 8. The molecule has 0 radical (unpaired) electrons. The Hall–Kier alpha value is -18.8. The highest BCUT2D eigenvalue weighted by Gasteiger charge is 2.54. The molecule has 20 rings (SSSR count). The molecule has 5 atom stereocenters. The zero-order chi connectivity index (χ0) is 107. The molecule has 0 unspecified atom stereocenters. The molecule has 11 heterocycles. The number of fused-ring (bicyclic) bond motifs is 5. The third-order valence-electron chi connectivity index (χ3n) is 24.6. The Morgan fingerprint density at radius 2 is 0.611 bits per heavy atom. The van der Waals surface area contributed by atoms with Gasteiger partial charge in [0, 0.05) is 89.9 Å².